The van der Waals surface area contributed by atoms with Crippen LogP contribution in [0.3, 0.4) is 0 Å². The van der Waals surface area contributed by atoms with Gasteiger partial charge in [0, 0.05) is 33.7 Å². The van der Waals surface area contributed by atoms with E-state index < -0.39 is 0 Å². The molecule has 0 atom stereocenters. The molecule has 1 aromatic heterocycles. The maximum atomic E-state index is 13.2. The number of hydrogen-bond acceptors (Lipinski definition) is 1. The third kappa shape index (κ3) is 2.97. The van der Waals surface area contributed by atoms with Crippen molar-refractivity contribution in [3.05, 3.63) is 70.1 Å². The van der Waals surface area contributed by atoms with Crippen LogP contribution in [0, 0.1) is 5.82 Å². The minimum Gasteiger partial charge on any atom is -0.361 e. The van der Waals surface area contributed by atoms with Crippen molar-refractivity contribution >= 4 is 32.7 Å². The second-order valence-corrected chi connectivity index (χ2v) is 5.55. The van der Waals surface area contributed by atoms with Gasteiger partial charge in [0.15, 0.2) is 0 Å². The van der Waals surface area contributed by atoms with Gasteiger partial charge in [0.25, 0.3) is 5.91 Å². The Morgan fingerprint density at radius 1 is 1.19 bits per heavy atom. The number of fused-ring (bicyclic) bond motifs is 1. The first-order chi connectivity index (χ1) is 10.1. The van der Waals surface area contributed by atoms with Crippen molar-refractivity contribution in [1.29, 1.82) is 0 Å². The van der Waals surface area contributed by atoms with Gasteiger partial charge in [-0.15, -0.1) is 0 Å². The average molecular weight is 347 g/mol. The van der Waals surface area contributed by atoms with Crippen LogP contribution in [-0.2, 0) is 6.54 Å². The van der Waals surface area contributed by atoms with E-state index in [0.717, 1.165) is 15.4 Å². The summed E-state index contributed by atoms with van der Waals surface area (Å²) in [6.45, 7) is 0.266. The van der Waals surface area contributed by atoms with Crippen LogP contribution in [-0.4, -0.2) is 10.9 Å². The molecule has 0 aliphatic heterocycles. The number of halogens is 2. The lowest BCUT2D eigenvalue weighted by Gasteiger charge is -2.07. The topological polar surface area (TPSA) is 44.9 Å². The molecule has 2 N–H and O–H groups in total. The lowest BCUT2D eigenvalue weighted by Crippen LogP contribution is -2.23. The van der Waals surface area contributed by atoms with Crippen LogP contribution >= 0.6 is 15.9 Å². The van der Waals surface area contributed by atoms with Crippen molar-refractivity contribution in [2.24, 2.45) is 0 Å². The van der Waals surface area contributed by atoms with Gasteiger partial charge in [0.1, 0.15) is 5.82 Å². The van der Waals surface area contributed by atoms with Crippen molar-refractivity contribution in [1.82, 2.24) is 10.3 Å². The first-order valence-corrected chi connectivity index (χ1v) is 7.22. The lowest BCUT2D eigenvalue weighted by molar-refractivity contribution is 0.0951. The smallest absolute Gasteiger partial charge is 0.251 e. The molecule has 0 bridgehead atoms. The Kier molecular flexibility index (Phi) is 3.75. The second-order valence-electron chi connectivity index (χ2n) is 4.70. The molecule has 0 spiro atoms. The second kappa shape index (κ2) is 5.69. The number of carbonyl (C=O) groups excluding carboxylic acids is 1. The highest BCUT2D eigenvalue weighted by Crippen LogP contribution is 2.18. The van der Waals surface area contributed by atoms with E-state index in [0.29, 0.717) is 11.1 Å². The van der Waals surface area contributed by atoms with Gasteiger partial charge in [0.05, 0.1) is 0 Å². The standard InChI is InChI=1S/C16H12BrFN2O/c17-14-3-2-13(18)8-12(14)9-20-16(21)11-1-4-15-10(7-11)5-6-19-15/h1-8,19H,9H2,(H,20,21). The number of aromatic nitrogens is 1. The highest BCUT2D eigenvalue weighted by Gasteiger charge is 2.08. The number of H-pyrrole nitrogens is 1. The van der Waals surface area contributed by atoms with E-state index in [-0.39, 0.29) is 18.3 Å². The van der Waals surface area contributed by atoms with Crippen LogP contribution in [0.25, 0.3) is 10.9 Å². The van der Waals surface area contributed by atoms with Crippen LogP contribution < -0.4 is 5.32 Å². The molecule has 3 rings (SSSR count). The van der Waals surface area contributed by atoms with Gasteiger partial charge in [-0.1, -0.05) is 15.9 Å². The minimum absolute atomic E-state index is 0.186. The zero-order chi connectivity index (χ0) is 14.8. The molecule has 106 valence electrons. The Balaban J connectivity index is 1.75. The summed E-state index contributed by atoms with van der Waals surface area (Å²) in [5.41, 5.74) is 2.26. The van der Waals surface area contributed by atoms with Gasteiger partial charge < -0.3 is 10.3 Å². The van der Waals surface area contributed by atoms with Crippen molar-refractivity contribution in [3.63, 3.8) is 0 Å². The summed E-state index contributed by atoms with van der Waals surface area (Å²) in [6.07, 6.45) is 1.83. The maximum Gasteiger partial charge on any atom is 0.251 e. The Morgan fingerprint density at radius 2 is 2.05 bits per heavy atom. The van der Waals surface area contributed by atoms with E-state index in [4.69, 9.17) is 0 Å². The summed E-state index contributed by atoms with van der Waals surface area (Å²) in [6, 6.07) is 11.8. The van der Waals surface area contributed by atoms with E-state index >= 15 is 0 Å². The maximum absolute atomic E-state index is 13.2. The SMILES string of the molecule is O=C(NCc1cc(F)ccc1Br)c1ccc2[nH]ccc2c1. The number of hydrogen-bond donors (Lipinski definition) is 2. The van der Waals surface area contributed by atoms with E-state index in [1.165, 1.54) is 12.1 Å². The van der Waals surface area contributed by atoms with Gasteiger partial charge in [0.2, 0.25) is 0 Å². The Labute approximate surface area is 129 Å². The molecule has 0 saturated carbocycles. The molecular formula is C16H12BrFN2O. The monoisotopic (exact) mass is 346 g/mol. The minimum atomic E-state index is -0.323. The highest BCUT2D eigenvalue weighted by atomic mass is 79.9. The normalized spacial score (nSPS) is 10.8. The molecule has 0 unspecified atom stereocenters. The third-order valence-corrected chi connectivity index (χ3v) is 4.04. The molecule has 0 aliphatic carbocycles. The molecular weight excluding hydrogens is 335 g/mol. The van der Waals surface area contributed by atoms with Crippen LogP contribution in [0.5, 0.6) is 0 Å². The number of aromatic amines is 1. The number of carbonyl (C=O) groups is 1. The van der Waals surface area contributed by atoms with E-state index in [9.17, 15) is 9.18 Å². The summed E-state index contributed by atoms with van der Waals surface area (Å²) in [5.74, 6) is -0.509. The first-order valence-electron chi connectivity index (χ1n) is 6.43. The highest BCUT2D eigenvalue weighted by molar-refractivity contribution is 9.10. The molecule has 3 aromatic rings. The van der Waals surface area contributed by atoms with E-state index in [2.05, 4.69) is 26.2 Å². The van der Waals surface area contributed by atoms with Gasteiger partial charge in [-0.05, 0) is 48.0 Å². The zero-order valence-electron chi connectivity index (χ0n) is 11.0. The third-order valence-electron chi connectivity index (χ3n) is 3.26. The largest absolute Gasteiger partial charge is 0.361 e. The van der Waals surface area contributed by atoms with Gasteiger partial charge in [-0.2, -0.15) is 0 Å². The molecule has 0 saturated heterocycles. The summed E-state index contributed by atoms with van der Waals surface area (Å²) in [4.78, 5) is 15.2. The number of rotatable bonds is 3. The van der Waals surface area contributed by atoms with Crippen molar-refractivity contribution < 1.29 is 9.18 Å². The average Bonchev–Trinajstić information content (AvgIpc) is 2.95. The fourth-order valence-electron chi connectivity index (χ4n) is 2.15. The molecule has 1 heterocycles. The molecule has 3 nitrogen and oxygen atoms in total. The van der Waals surface area contributed by atoms with Gasteiger partial charge >= 0.3 is 0 Å². The van der Waals surface area contributed by atoms with Crippen LogP contribution in [0.15, 0.2) is 53.1 Å². The Morgan fingerprint density at radius 3 is 2.90 bits per heavy atom. The molecule has 21 heavy (non-hydrogen) atoms. The predicted molar refractivity (Wildman–Crippen MR) is 83.6 cm³/mol. The molecule has 2 aromatic carbocycles. The molecule has 0 fully saturated rings. The summed E-state index contributed by atoms with van der Waals surface area (Å²) >= 11 is 3.34. The van der Waals surface area contributed by atoms with Crippen molar-refractivity contribution in [2.45, 2.75) is 6.54 Å². The van der Waals surface area contributed by atoms with Crippen LogP contribution in [0.2, 0.25) is 0 Å². The fraction of sp³-hybridized carbons (Fsp3) is 0.0625. The Bertz CT molecular complexity index is 813. The summed E-state index contributed by atoms with van der Waals surface area (Å²) < 4.78 is 14.0. The molecule has 0 aliphatic rings. The molecule has 1 amide bonds. The fourth-order valence-corrected chi connectivity index (χ4v) is 2.54. The summed E-state index contributed by atoms with van der Waals surface area (Å²) in [7, 11) is 0. The molecule has 0 radical (unpaired) electrons. The lowest BCUT2D eigenvalue weighted by atomic mass is 10.1. The molecule has 5 heteroatoms. The van der Waals surface area contributed by atoms with Crippen LogP contribution in [0.4, 0.5) is 4.39 Å². The zero-order valence-corrected chi connectivity index (χ0v) is 12.6. The van der Waals surface area contributed by atoms with Gasteiger partial charge in [-0.3, -0.25) is 4.79 Å². The van der Waals surface area contributed by atoms with Crippen molar-refractivity contribution in [2.75, 3.05) is 0 Å². The van der Waals surface area contributed by atoms with Crippen LogP contribution in [0.1, 0.15) is 15.9 Å². The van der Waals surface area contributed by atoms with Gasteiger partial charge in [-0.25, -0.2) is 4.39 Å². The van der Waals surface area contributed by atoms with E-state index in [1.807, 2.05) is 24.4 Å². The Hall–Kier alpha value is -2.14. The van der Waals surface area contributed by atoms with Crippen molar-refractivity contribution in [3.8, 4) is 0 Å². The van der Waals surface area contributed by atoms with E-state index in [1.54, 1.807) is 12.1 Å². The number of benzene rings is 2. The predicted octanol–water partition coefficient (Wildman–Crippen LogP) is 4.00. The number of nitrogens with one attached hydrogen (secondary N) is 2. The first kappa shape index (κ1) is 13.8. The quantitative estimate of drug-likeness (QED) is 0.739. The summed E-state index contributed by atoms with van der Waals surface area (Å²) in [5, 5.41) is 3.78. The number of amides is 1.